The maximum Gasteiger partial charge on any atom is 0.435 e. The van der Waals surface area contributed by atoms with Gasteiger partial charge < -0.3 is 14.5 Å². The van der Waals surface area contributed by atoms with E-state index in [-0.39, 0.29) is 0 Å². The molecule has 3 aromatic carbocycles. The van der Waals surface area contributed by atoms with Gasteiger partial charge in [0.1, 0.15) is 12.4 Å². The number of rotatable bonds is 4. The predicted octanol–water partition coefficient (Wildman–Crippen LogP) is 4.51. The van der Waals surface area contributed by atoms with Crippen LogP contribution >= 0.6 is 0 Å². The molecule has 1 unspecified atom stereocenters. The summed E-state index contributed by atoms with van der Waals surface area (Å²) in [6.45, 7) is 3.10. The highest BCUT2D eigenvalue weighted by molar-refractivity contribution is 5.93. The number of amides is 1. The number of ether oxygens (including phenoxy) is 1. The predicted molar refractivity (Wildman–Crippen MR) is 115 cm³/mol. The van der Waals surface area contributed by atoms with Crippen molar-refractivity contribution in [1.82, 2.24) is 5.06 Å². The number of carbonyl (C=O) groups excluding carboxylic acids is 1. The van der Waals surface area contributed by atoms with Crippen LogP contribution in [0.5, 0.6) is 5.75 Å². The standard InChI is InChI=1S/C24H23N3O3/c1-18-12-14-20(15-13-18)25-16-24(19-8-4-3-5-9-19)26(17-25)30-23(28)27(24)21-10-6-7-11-22(21)29-2/h3-15H,16-17H2,1-2H3. The molecular weight excluding hydrogens is 378 g/mol. The summed E-state index contributed by atoms with van der Waals surface area (Å²) >= 11 is 0. The van der Waals surface area contributed by atoms with E-state index in [0.717, 1.165) is 11.3 Å². The largest absolute Gasteiger partial charge is 0.495 e. The topological polar surface area (TPSA) is 45.2 Å². The lowest BCUT2D eigenvalue weighted by atomic mass is 9.97. The van der Waals surface area contributed by atoms with Crippen molar-refractivity contribution in [3.05, 3.63) is 90.0 Å². The highest BCUT2D eigenvalue weighted by atomic mass is 16.8. The molecule has 0 N–H and O–H groups in total. The molecule has 2 fully saturated rings. The lowest BCUT2D eigenvalue weighted by molar-refractivity contribution is -0.105. The number of hydroxylamine groups is 2. The average molecular weight is 401 g/mol. The van der Waals surface area contributed by atoms with Crippen LogP contribution in [0.3, 0.4) is 0 Å². The second-order valence-corrected chi connectivity index (χ2v) is 7.60. The van der Waals surface area contributed by atoms with Crippen LogP contribution in [0, 0.1) is 6.92 Å². The van der Waals surface area contributed by atoms with Gasteiger partial charge in [0.15, 0.2) is 5.66 Å². The lowest BCUT2D eigenvalue weighted by Gasteiger charge is -2.36. The molecule has 1 atom stereocenters. The first-order valence-electron chi connectivity index (χ1n) is 9.93. The van der Waals surface area contributed by atoms with Crippen molar-refractivity contribution in [2.75, 3.05) is 30.1 Å². The molecule has 2 aliphatic rings. The van der Waals surface area contributed by atoms with E-state index in [9.17, 15) is 4.79 Å². The number of hydrogen-bond acceptors (Lipinski definition) is 5. The summed E-state index contributed by atoms with van der Waals surface area (Å²) in [5.74, 6) is 0.625. The highest BCUT2D eigenvalue weighted by Crippen LogP contribution is 2.48. The van der Waals surface area contributed by atoms with E-state index in [2.05, 4.69) is 36.1 Å². The molecule has 0 aliphatic carbocycles. The maximum absolute atomic E-state index is 13.1. The number of benzene rings is 3. The molecule has 6 heteroatoms. The Hall–Kier alpha value is -3.51. The van der Waals surface area contributed by atoms with Gasteiger partial charge in [-0.15, -0.1) is 0 Å². The molecule has 2 saturated heterocycles. The van der Waals surface area contributed by atoms with Crippen LogP contribution in [0.1, 0.15) is 11.1 Å². The molecule has 3 aromatic rings. The van der Waals surface area contributed by atoms with Crippen molar-refractivity contribution in [2.45, 2.75) is 12.6 Å². The van der Waals surface area contributed by atoms with E-state index >= 15 is 0 Å². The van der Waals surface area contributed by atoms with Gasteiger partial charge in [0, 0.05) is 5.69 Å². The van der Waals surface area contributed by atoms with Crippen LogP contribution < -0.4 is 14.5 Å². The fourth-order valence-corrected chi connectivity index (χ4v) is 4.35. The van der Waals surface area contributed by atoms with Crippen molar-refractivity contribution in [3.8, 4) is 5.75 Å². The van der Waals surface area contributed by atoms with E-state index in [1.807, 2.05) is 54.6 Å². The molecular formula is C24H23N3O3. The SMILES string of the molecule is COc1ccccc1N1C(=O)ON2CN(c3ccc(C)cc3)CC21c1ccccc1. The smallest absolute Gasteiger partial charge is 0.435 e. The third-order valence-electron chi connectivity index (χ3n) is 5.83. The lowest BCUT2D eigenvalue weighted by Crippen LogP contribution is -2.51. The van der Waals surface area contributed by atoms with Gasteiger partial charge in [0.2, 0.25) is 0 Å². The molecule has 1 amide bonds. The summed E-state index contributed by atoms with van der Waals surface area (Å²) in [6, 6.07) is 26.0. The number of methoxy groups -OCH3 is 1. The number of para-hydroxylation sites is 2. The third kappa shape index (κ3) is 2.72. The van der Waals surface area contributed by atoms with Gasteiger partial charge >= 0.3 is 6.09 Å². The van der Waals surface area contributed by atoms with Crippen molar-refractivity contribution < 1.29 is 14.4 Å². The minimum absolute atomic E-state index is 0.410. The zero-order valence-electron chi connectivity index (χ0n) is 17.0. The molecule has 152 valence electrons. The minimum atomic E-state index is -0.808. The molecule has 0 bridgehead atoms. The first-order chi connectivity index (χ1) is 14.6. The highest BCUT2D eigenvalue weighted by Gasteiger charge is 2.61. The Labute approximate surface area is 175 Å². The van der Waals surface area contributed by atoms with Crippen molar-refractivity contribution in [1.29, 1.82) is 0 Å². The van der Waals surface area contributed by atoms with Crippen LogP contribution in [-0.4, -0.2) is 31.5 Å². The number of nitrogens with zero attached hydrogens (tertiary/aromatic N) is 3. The summed E-state index contributed by atoms with van der Waals surface area (Å²) in [7, 11) is 1.61. The summed E-state index contributed by atoms with van der Waals surface area (Å²) in [5, 5.41) is 1.77. The van der Waals surface area contributed by atoms with E-state index < -0.39 is 11.8 Å². The number of fused-ring (bicyclic) bond motifs is 1. The number of aryl methyl sites for hydroxylation is 1. The fourth-order valence-electron chi connectivity index (χ4n) is 4.35. The maximum atomic E-state index is 13.1. The van der Waals surface area contributed by atoms with E-state index in [1.54, 1.807) is 17.1 Å². The van der Waals surface area contributed by atoms with Crippen molar-refractivity contribution in [2.24, 2.45) is 0 Å². The molecule has 2 heterocycles. The summed E-state index contributed by atoms with van der Waals surface area (Å²) < 4.78 is 5.58. The van der Waals surface area contributed by atoms with Gasteiger partial charge in [-0.05, 0) is 36.8 Å². The zero-order valence-corrected chi connectivity index (χ0v) is 17.0. The Balaban J connectivity index is 1.66. The van der Waals surface area contributed by atoms with Gasteiger partial charge in [0.25, 0.3) is 0 Å². The summed E-state index contributed by atoms with van der Waals surface area (Å²) in [4.78, 5) is 22.9. The molecule has 5 rings (SSSR count). The van der Waals surface area contributed by atoms with Crippen LogP contribution in [-0.2, 0) is 10.5 Å². The normalized spacial score (nSPS) is 20.9. The third-order valence-corrected chi connectivity index (χ3v) is 5.83. The van der Waals surface area contributed by atoms with Gasteiger partial charge in [-0.2, -0.15) is 0 Å². The minimum Gasteiger partial charge on any atom is -0.495 e. The molecule has 0 saturated carbocycles. The van der Waals surface area contributed by atoms with Crippen molar-refractivity contribution in [3.63, 3.8) is 0 Å². The van der Waals surface area contributed by atoms with Crippen LogP contribution in [0.2, 0.25) is 0 Å². The summed E-state index contributed by atoms with van der Waals surface area (Å²) in [6.07, 6.45) is -0.410. The van der Waals surface area contributed by atoms with Crippen LogP contribution in [0.4, 0.5) is 16.2 Å². The van der Waals surface area contributed by atoms with E-state index in [4.69, 9.17) is 9.57 Å². The van der Waals surface area contributed by atoms with Gasteiger partial charge in [-0.25, -0.2) is 9.69 Å². The van der Waals surface area contributed by atoms with E-state index in [0.29, 0.717) is 24.7 Å². The quantitative estimate of drug-likeness (QED) is 0.644. The Morgan fingerprint density at radius 2 is 1.63 bits per heavy atom. The Morgan fingerprint density at radius 3 is 2.37 bits per heavy atom. The van der Waals surface area contributed by atoms with Crippen LogP contribution in [0.15, 0.2) is 78.9 Å². The molecule has 2 aliphatic heterocycles. The first kappa shape index (κ1) is 18.5. The molecule has 30 heavy (non-hydrogen) atoms. The molecule has 0 radical (unpaired) electrons. The zero-order chi connectivity index (χ0) is 20.7. The van der Waals surface area contributed by atoms with Crippen molar-refractivity contribution >= 4 is 17.5 Å². The van der Waals surface area contributed by atoms with Crippen LogP contribution in [0.25, 0.3) is 0 Å². The molecule has 0 spiro atoms. The molecule has 6 nitrogen and oxygen atoms in total. The number of anilines is 2. The second-order valence-electron chi connectivity index (χ2n) is 7.60. The van der Waals surface area contributed by atoms with Gasteiger partial charge in [0.05, 0.1) is 19.3 Å². The Kier molecular flexibility index (Phi) is 4.37. The fraction of sp³-hybridized carbons (Fsp3) is 0.208. The van der Waals surface area contributed by atoms with Gasteiger partial charge in [-0.3, -0.25) is 0 Å². The Bertz CT molecular complexity index is 1070. The van der Waals surface area contributed by atoms with Gasteiger partial charge in [-0.1, -0.05) is 65.2 Å². The number of carbonyl (C=O) groups is 1. The Morgan fingerprint density at radius 1 is 0.933 bits per heavy atom. The molecule has 0 aromatic heterocycles. The van der Waals surface area contributed by atoms with E-state index in [1.165, 1.54) is 5.56 Å². The second kappa shape index (κ2) is 7.07. The number of hydrogen-bond donors (Lipinski definition) is 0. The average Bonchev–Trinajstić information content (AvgIpc) is 3.27. The monoisotopic (exact) mass is 401 g/mol. The first-order valence-corrected chi connectivity index (χ1v) is 9.93. The summed E-state index contributed by atoms with van der Waals surface area (Å²) in [5.41, 5.74) is 3.15.